The maximum absolute atomic E-state index is 5.92. The number of nitrogens with two attached hydrogens (primary N) is 1. The lowest BCUT2D eigenvalue weighted by Gasteiger charge is -2.40. The highest BCUT2D eigenvalue weighted by molar-refractivity contribution is 5.19. The largest absolute Gasteiger partial charge is 0.327 e. The first-order chi connectivity index (χ1) is 10.1. The Morgan fingerprint density at radius 1 is 1.41 bits per heavy atom. The van der Waals surface area contributed by atoms with E-state index < -0.39 is 0 Å². The van der Waals surface area contributed by atoms with Gasteiger partial charge in [-0.15, -0.1) is 0 Å². The highest BCUT2D eigenvalue weighted by Gasteiger charge is 2.31. The smallest absolute Gasteiger partial charge is 0.0809 e. The van der Waals surface area contributed by atoms with Gasteiger partial charge in [0, 0.05) is 19.1 Å². The Morgan fingerprint density at radius 3 is 2.55 bits per heavy atom. The quantitative estimate of drug-likeness (QED) is 0.521. The SMILES string of the molecule is C=C/C(C)=C\C(C)(C)CNC1NC(C(C)(C)C)CC=C1CN. The molecule has 0 aromatic heterocycles. The molecule has 0 fully saturated rings. The van der Waals surface area contributed by atoms with Crippen LogP contribution in [0.2, 0.25) is 0 Å². The van der Waals surface area contributed by atoms with Crippen LogP contribution in [0.25, 0.3) is 0 Å². The first-order valence-corrected chi connectivity index (χ1v) is 8.29. The molecule has 0 bridgehead atoms. The molecule has 3 heteroatoms. The summed E-state index contributed by atoms with van der Waals surface area (Å²) in [5.41, 5.74) is 8.71. The lowest BCUT2D eigenvalue weighted by atomic mass is 9.82. The maximum atomic E-state index is 5.92. The van der Waals surface area contributed by atoms with Gasteiger partial charge < -0.3 is 5.73 Å². The molecule has 0 amide bonds. The fourth-order valence-electron chi connectivity index (χ4n) is 2.85. The van der Waals surface area contributed by atoms with Crippen LogP contribution in [0.4, 0.5) is 0 Å². The van der Waals surface area contributed by atoms with Crippen molar-refractivity contribution >= 4 is 0 Å². The summed E-state index contributed by atoms with van der Waals surface area (Å²) in [4.78, 5) is 0. The maximum Gasteiger partial charge on any atom is 0.0809 e. The van der Waals surface area contributed by atoms with Crippen LogP contribution in [0, 0.1) is 10.8 Å². The predicted octanol–water partition coefficient (Wildman–Crippen LogP) is 3.35. The second kappa shape index (κ2) is 7.58. The molecular formula is C19H35N3. The Kier molecular flexibility index (Phi) is 6.60. The minimum Gasteiger partial charge on any atom is -0.327 e. The van der Waals surface area contributed by atoms with Crippen LogP contribution in [-0.4, -0.2) is 25.3 Å². The van der Waals surface area contributed by atoms with Gasteiger partial charge in [0.15, 0.2) is 0 Å². The van der Waals surface area contributed by atoms with Crippen LogP contribution in [-0.2, 0) is 0 Å². The molecule has 1 heterocycles. The molecule has 0 spiro atoms. The Labute approximate surface area is 137 Å². The average molecular weight is 306 g/mol. The number of nitrogens with one attached hydrogen (secondary N) is 2. The van der Waals surface area contributed by atoms with E-state index in [1.54, 1.807) is 0 Å². The van der Waals surface area contributed by atoms with Crippen molar-refractivity contribution in [3.05, 3.63) is 36.0 Å². The second-order valence-corrected chi connectivity index (χ2v) is 8.20. The molecule has 1 rings (SSSR count). The van der Waals surface area contributed by atoms with Crippen molar-refractivity contribution in [2.75, 3.05) is 13.1 Å². The fourth-order valence-corrected chi connectivity index (χ4v) is 2.85. The second-order valence-electron chi connectivity index (χ2n) is 8.20. The van der Waals surface area contributed by atoms with Gasteiger partial charge in [-0.3, -0.25) is 10.6 Å². The van der Waals surface area contributed by atoms with E-state index in [0.717, 1.165) is 13.0 Å². The highest BCUT2D eigenvalue weighted by atomic mass is 15.2. The van der Waals surface area contributed by atoms with E-state index >= 15 is 0 Å². The molecule has 0 saturated heterocycles. The van der Waals surface area contributed by atoms with Gasteiger partial charge in [0.25, 0.3) is 0 Å². The van der Waals surface area contributed by atoms with Crippen molar-refractivity contribution in [2.45, 2.75) is 60.2 Å². The van der Waals surface area contributed by atoms with Gasteiger partial charge in [0.2, 0.25) is 0 Å². The molecule has 22 heavy (non-hydrogen) atoms. The normalized spacial score (nSPS) is 24.1. The van der Waals surface area contributed by atoms with Crippen molar-refractivity contribution in [3.63, 3.8) is 0 Å². The fraction of sp³-hybridized carbons (Fsp3) is 0.684. The molecule has 0 aromatic rings. The molecule has 4 N–H and O–H groups in total. The van der Waals surface area contributed by atoms with Crippen molar-refractivity contribution < 1.29 is 0 Å². The van der Waals surface area contributed by atoms with Crippen LogP contribution >= 0.6 is 0 Å². The molecule has 126 valence electrons. The summed E-state index contributed by atoms with van der Waals surface area (Å²) in [7, 11) is 0. The lowest BCUT2D eigenvalue weighted by molar-refractivity contribution is 0.225. The first-order valence-electron chi connectivity index (χ1n) is 8.29. The van der Waals surface area contributed by atoms with E-state index in [9.17, 15) is 0 Å². The van der Waals surface area contributed by atoms with Crippen molar-refractivity contribution in [1.29, 1.82) is 0 Å². The van der Waals surface area contributed by atoms with E-state index in [0.29, 0.717) is 12.6 Å². The predicted molar refractivity (Wildman–Crippen MR) is 97.7 cm³/mol. The van der Waals surface area contributed by atoms with Gasteiger partial charge in [0.1, 0.15) is 0 Å². The van der Waals surface area contributed by atoms with Crippen LogP contribution in [0.15, 0.2) is 36.0 Å². The van der Waals surface area contributed by atoms with Gasteiger partial charge in [0.05, 0.1) is 6.17 Å². The molecule has 2 atom stereocenters. The summed E-state index contributed by atoms with van der Waals surface area (Å²) in [5.74, 6) is 0. The van der Waals surface area contributed by atoms with E-state index in [1.807, 2.05) is 6.08 Å². The van der Waals surface area contributed by atoms with Crippen LogP contribution in [0.3, 0.4) is 0 Å². The molecule has 1 aliphatic rings. The molecular weight excluding hydrogens is 270 g/mol. The van der Waals surface area contributed by atoms with Crippen molar-refractivity contribution in [3.8, 4) is 0 Å². The van der Waals surface area contributed by atoms with Crippen LogP contribution in [0.5, 0.6) is 0 Å². The molecule has 1 aliphatic heterocycles. The van der Waals surface area contributed by atoms with E-state index in [2.05, 4.69) is 70.9 Å². The zero-order chi connectivity index (χ0) is 17.0. The molecule has 3 nitrogen and oxygen atoms in total. The third kappa shape index (κ3) is 5.71. The topological polar surface area (TPSA) is 50.1 Å². The highest BCUT2D eigenvalue weighted by Crippen LogP contribution is 2.27. The third-order valence-corrected chi connectivity index (χ3v) is 4.34. The number of hydrogen-bond acceptors (Lipinski definition) is 3. The summed E-state index contributed by atoms with van der Waals surface area (Å²) in [6.45, 7) is 18.7. The van der Waals surface area contributed by atoms with Crippen molar-refractivity contribution in [1.82, 2.24) is 10.6 Å². The van der Waals surface area contributed by atoms with E-state index in [-0.39, 0.29) is 17.0 Å². The summed E-state index contributed by atoms with van der Waals surface area (Å²) in [6.07, 6.45) is 7.69. The Morgan fingerprint density at radius 2 is 2.05 bits per heavy atom. The van der Waals surface area contributed by atoms with E-state index in [1.165, 1.54) is 11.1 Å². The number of rotatable bonds is 6. The van der Waals surface area contributed by atoms with Crippen molar-refractivity contribution in [2.24, 2.45) is 16.6 Å². The summed E-state index contributed by atoms with van der Waals surface area (Å²) in [5, 5.41) is 7.39. The van der Waals surface area contributed by atoms with Gasteiger partial charge >= 0.3 is 0 Å². The van der Waals surface area contributed by atoms with E-state index in [4.69, 9.17) is 5.73 Å². The first kappa shape index (κ1) is 19.1. The zero-order valence-corrected chi connectivity index (χ0v) is 15.3. The monoisotopic (exact) mass is 305 g/mol. The summed E-state index contributed by atoms with van der Waals surface area (Å²) in [6, 6.07) is 0.467. The van der Waals surface area contributed by atoms with Gasteiger partial charge in [-0.05, 0) is 29.7 Å². The third-order valence-electron chi connectivity index (χ3n) is 4.34. The number of allylic oxidation sites excluding steroid dienone is 2. The van der Waals surface area contributed by atoms with Crippen LogP contribution < -0.4 is 16.4 Å². The Balaban J connectivity index is 2.75. The molecule has 0 aromatic carbocycles. The summed E-state index contributed by atoms with van der Waals surface area (Å²) >= 11 is 0. The molecule has 0 aliphatic carbocycles. The molecule has 2 unspecified atom stereocenters. The number of hydrogen-bond donors (Lipinski definition) is 3. The lowest BCUT2D eigenvalue weighted by Crippen LogP contribution is -2.56. The minimum atomic E-state index is 0.0777. The molecule has 0 saturated carbocycles. The molecule has 0 radical (unpaired) electrons. The Hall–Kier alpha value is -0.900. The van der Waals surface area contributed by atoms with Gasteiger partial charge in [-0.2, -0.15) is 0 Å². The average Bonchev–Trinajstić information content (AvgIpc) is 2.43. The van der Waals surface area contributed by atoms with Gasteiger partial charge in [-0.25, -0.2) is 0 Å². The Bertz CT molecular complexity index is 438. The zero-order valence-electron chi connectivity index (χ0n) is 15.3. The minimum absolute atomic E-state index is 0.0777. The standard InChI is InChI=1S/C19H35N3/c1-8-14(2)11-19(6,7)13-21-17-15(12-20)9-10-16(22-17)18(3,4)5/h8-9,11,16-17,21-22H,1,10,12-13,20H2,2-7H3/b14-11-. The summed E-state index contributed by atoms with van der Waals surface area (Å²) < 4.78 is 0. The van der Waals surface area contributed by atoms with Gasteiger partial charge in [-0.1, -0.05) is 65.0 Å². The van der Waals surface area contributed by atoms with Crippen LogP contribution in [0.1, 0.15) is 48.0 Å².